The highest BCUT2D eigenvalue weighted by molar-refractivity contribution is 6.05. The number of rotatable bonds is 7. The van der Waals surface area contributed by atoms with E-state index in [1.165, 1.54) is 72.1 Å². The van der Waals surface area contributed by atoms with Gasteiger partial charge in [-0.2, -0.15) is 0 Å². The fourth-order valence-corrected chi connectivity index (χ4v) is 9.46. The molecule has 1 aliphatic heterocycles. The molecular weight excluding hydrogens is 693 g/mol. The molecule has 0 bridgehead atoms. The topological polar surface area (TPSA) is 29.3 Å². The van der Waals surface area contributed by atoms with Gasteiger partial charge in [0.15, 0.2) is 0 Å². The van der Waals surface area contributed by atoms with E-state index in [9.17, 15) is 0 Å². The van der Waals surface area contributed by atoms with Crippen molar-refractivity contribution in [1.29, 1.82) is 0 Å². The van der Waals surface area contributed by atoms with Gasteiger partial charge in [-0.05, 0) is 119 Å². The lowest BCUT2D eigenvalue weighted by Crippen LogP contribution is -2.32. The van der Waals surface area contributed by atoms with Gasteiger partial charge in [-0.15, -0.1) is 0 Å². The van der Waals surface area contributed by atoms with E-state index >= 15 is 0 Å². The first-order valence-electron chi connectivity index (χ1n) is 20.3. The van der Waals surface area contributed by atoms with Crippen molar-refractivity contribution < 1.29 is 4.42 Å². The van der Waals surface area contributed by atoms with Gasteiger partial charge in [-0.25, -0.2) is 4.98 Å². The van der Waals surface area contributed by atoms with E-state index in [0.717, 1.165) is 54.8 Å². The quantitative estimate of drug-likeness (QED) is 0.163. The minimum Gasteiger partial charge on any atom is -0.456 e. The molecule has 3 heterocycles. The summed E-state index contributed by atoms with van der Waals surface area (Å²) in [7, 11) is 0. The van der Waals surface area contributed by atoms with E-state index in [0.29, 0.717) is 0 Å². The Morgan fingerprint density at radius 2 is 1.25 bits per heavy atom. The Hall–Kier alpha value is -6.71. The summed E-state index contributed by atoms with van der Waals surface area (Å²) in [5.41, 5.74) is 17.3. The van der Waals surface area contributed by atoms with Crippen LogP contribution in [0.2, 0.25) is 0 Å². The van der Waals surface area contributed by atoms with Crippen LogP contribution >= 0.6 is 0 Å². The lowest BCUT2D eigenvalue weighted by atomic mass is 9.81. The highest BCUT2D eigenvalue weighted by atomic mass is 16.3. The van der Waals surface area contributed by atoms with Gasteiger partial charge in [0.2, 0.25) is 0 Å². The number of hydrogen-bond donors (Lipinski definition) is 0. The molecule has 11 rings (SSSR count). The normalized spacial score (nSPS) is 17.5. The molecule has 8 aromatic rings. The third-order valence-electron chi connectivity index (χ3n) is 12.4. The maximum Gasteiger partial charge on any atom is 0.135 e. The average Bonchev–Trinajstić information content (AvgIpc) is 3.82. The summed E-state index contributed by atoms with van der Waals surface area (Å²) >= 11 is 0. The first-order chi connectivity index (χ1) is 28.2. The van der Waals surface area contributed by atoms with Crippen molar-refractivity contribution in [1.82, 2.24) is 4.98 Å². The smallest absolute Gasteiger partial charge is 0.135 e. The fraction of sp³-hybridized carbons (Fsp3) is 0.130. The number of para-hydroxylation sites is 2. The molecule has 274 valence electrons. The molecule has 0 saturated heterocycles. The molecule has 2 atom stereocenters. The largest absolute Gasteiger partial charge is 0.456 e. The molecule has 3 heteroatoms. The zero-order valence-corrected chi connectivity index (χ0v) is 31.8. The SMILES string of the molecule is C1=C(Cc2ccccc2)CCC(c2cc(-c3ccc(-c4ccccc4)cc3)cc(N3c4ccccc4C4C=C(c5ccc6oc7ccccc7c6c5)CCC43)n2)=C1. The number of nitrogens with zero attached hydrogens (tertiary/aromatic N) is 2. The molecule has 57 heavy (non-hydrogen) atoms. The summed E-state index contributed by atoms with van der Waals surface area (Å²) in [6.45, 7) is 0. The van der Waals surface area contributed by atoms with E-state index in [2.05, 4.69) is 181 Å². The molecule has 0 fully saturated rings. The second kappa shape index (κ2) is 14.1. The molecule has 0 amide bonds. The van der Waals surface area contributed by atoms with Gasteiger partial charge in [0.25, 0.3) is 0 Å². The van der Waals surface area contributed by atoms with Crippen LogP contribution in [-0.4, -0.2) is 11.0 Å². The van der Waals surface area contributed by atoms with Crippen LogP contribution in [0.5, 0.6) is 0 Å². The van der Waals surface area contributed by atoms with Gasteiger partial charge in [0.1, 0.15) is 17.0 Å². The van der Waals surface area contributed by atoms with Crippen LogP contribution in [-0.2, 0) is 6.42 Å². The standard InChI is InChI=1S/C54H42N2O/c1-3-11-36(12-4-1)31-37-19-21-41(22-20-37)49-34-44(40-25-23-39(24-26-40)38-13-5-2-6-14-38)35-54(55-49)56-50-17-9-7-15-45(50)47-32-42(27-29-51(47)56)43-28-30-53-48(33-43)46-16-8-10-18-52(46)57-53/h1-19,21,23-26,28,30,32-35,47,51H,20,22,27,29,31H2. The van der Waals surface area contributed by atoms with Crippen LogP contribution in [0.25, 0.3) is 55.3 Å². The highest BCUT2D eigenvalue weighted by Gasteiger charge is 2.41. The first-order valence-corrected chi connectivity index (χ1v) is 20.3. The predicted molar refractivity (Wildman–Crippen MR) is 237 cm³/mol. The van der Waals surface area contributed by atoms with Gasteiger partial charge in [0.05, 0.1) is 5.69 Å². The Balaban J connectivity index is 0.985. The van der Waals surface area contributed by atoms with Crippen LogP contribution in [0.1, 0.15) is 54.0 Å². The van der Waals surface area contributed by atoms with Crippen LogP contribution in [0.4, 0.5) is 11.5 Å². The summed E-state index contributed by atoms with van der Waals surface area (Å²) in [5.74, 6) is 1.29. The fourth-order valence-electron chi connectivity index (χ4n) is 9.46. The summed E-state index contributed by atoms with van der Waals surface area (Å²) in [6.07, 6.45) is 12.3. The second-order valence-corrected chi connectivity index (χ2v) is 15.8. The van der Waals surface area contributed by atoms with E-state index in [4.69, 9.17) is 9.40 Å². The minimum atomic E-state index is 0.262. The van der Waals surface area contributed by atoms with Crippen molar-refractivity contribution in [3.8, 4) is 22.3 Å². The Bertz CT molecular complexity index is 2880. The maximum absolute atomic E-state index is 6.18. The molecule has 0 N–H and O–H groups in total. The summed E-state index contributed by atoms with van der Waals surface area (Å²) in [4.78, 5) is 8.12. The third-order valence-corrected chi connectivity index (χ3v) is 12.4. The third kappa shape index (κ3) is 6.20. The minimum absolute atomic E-state index is 0.262. The molecule has 2 unspecified atom stereocenters. The summed E-state index contributed by atoms with van der Waals surface area (Å²) < 4.78 is 6.18. The van der Waals surface area contributed by atoms with E-state index in [1.807, 2.05) is 6.07 Å². The lowest BCUT2D eigenvalue weighted by molar-refractivity contribution is 0.569. The number of aromatic nitrogens is 1. The molecule has 6 aromatic carbocycles. The molecular formula is C54H42N2O. The van der Waals surface area contributed by atoms with Gasteiger partial charge >= 0.3 is 0 Å². The number of anilines is 2. The molecule has 0 radical (unpaired) electrons. The van der Waals surface area contributed by atoms with E-state index in [-0.39, 0.29) is 12.0 Å². The average molecular weight is 735 g/mol. The number of benzene rings is 6. The zero-order valence-electron chi connectivity index (χ0n) is 31.8. The number of allylic oxidation sites excluding steroid dienone is 5. The van der Waals surface area contributed by atoms with Gasteiger partial charge in [-0.1, -0.05) is 151 Å². The monoisotopic (exact) mass is 734 g/mol. The molecule has 2 aliphatic carbocycles. The lowest BCUT2D eigenvalue weighted by Gasteiger charge is -2.33. The number of pyridine rings is 1. The van der Waals surface area contributed by atoms with E-state index in [1.54, 1.807) is 0 Å². The van der Waals surface area contributed by atoms with Crippen molar-refractivity contribution in [3.63, 3.8) is 0 Å². The predicted octanol–water partition coefficient (Wildman–Crippen LogP) is 14.1. The number of furan rings is 1. The number of fused-ring (bicyclic) bond motifs is 6. The maximum atomic E-state index is 6.18. The van der Waals surface area contributed by atoms with Crippen LogP contribution in [0, 0.1) is 0 Å². The molecule has 3 nitrogen and oxygen atoms in total. The molecule has 0 saturated carbocycles. The van der Waals surface area contributed by atoms with E-state index < -0.39 is 0 Å². The van der Waals surface area contributed by atoms with Crippen LogP contribution in [0.3, 0.4) is 0 Å². The van der Waals surface area contributed by atoms with Crippen LogP contribution in [0.15, 0.2) is 192 Å². The molecule has 2 aromatic heterocycles. The van der Waals surface area contributed by atoms with Gasteiger partial charge in [-0.3, -0.25) is 0 Å². The highest BCUT2D eigenvalue weighted by Crippen LogP contribution is 2.51. The van der Waals surface area contributed by atoms with Crippen molar-refractivity contribution in [2.45, 2.75) is 44.1 Å². The van der Waals surface area contributed by atoms with Crippen molar-refractivity contribution >= 4 is 44.6 Å². The zero-order chi connectivity index (χ0) is 37.7. The first kappa shape index (κ1) is 33.6. The van der Waals surface area contributed by atoms with Crippen molar-refractivity contribution in [2.24, 2.45) is 0 Å². The van der Waals surface area contributed by atoms with Crippen LogP contribution < -0.4 is 4.90 Å². The van der Waals surface area contributed by atoms with Gasteiger partial charge in [0, 0.05) is 28.4 Å². The summed E-state index contributed by atoms with van der Waals surface area (Å²) in [5, 5.41) is 2.36. The Kier molecular flexibility index (Phi) is 8.31. The van der Waals surface area contributed by atoms with Crippen molar-refractivity contribution in [3.05, 3.63) is 210 Å². The summed E-state index contributed by atoms with van der Waals surface area (Å²) in [6, 6.07) is 59.5. The van der Waals surface area contributed by atoms with Crippen molar-refractivity contribution in [2.75, 3.05) is 4.90 Å². The van der Waals surface area contributed by atoms with Gasteiger partial charge < -0.3 is 9.32 Å². The number of hydrogen-bond acceptors (Lipinski definition) is 3. The Morgan fingerprint density at radius 1 is 0.544 bits per heavy atom. The molecule has 3 aliphatic rings. The second-order valence-electron chi connectivity index (χ2n) is 15.8. The Labute approximate surface area is 334 Å². The Morgan fingerprint density at radius 3 is 2.07 bits per heavy atom. The molecule has 0 spiro atoms.